The van der Waals surface area contributed by atoms with Crippen molar-refractivity contribution in [3.8, 4) is 0 Å². The van der Waals surface area contributed by atoms with Gasteiger partial charge in [0.15, 0.2) is 0 Å². The molecular formula is C8H17NO2. The zero-order chi connectivity index (χ0) is 10.6. The second-order valence-electron chi connectivity index (χ2n) is 3.37. The molecule has 3 nitrogen and oxygen atoms in total. The van der Waals surface area contributed by atoms with Crippen LogP contribution in [0.2, 0.25) is 0 Å². The Bertz CT molecular complexity index is 179. The Morgan fingerprint density at radius 1 is 1.64 bits per heavy atom. The first-order valence-electron chi connectivity index (χ1n) is 4.72. The van der Waals surface area contributed by atoms with Crippen LogP contribution in [0.3, 0.4) is 0 Å². The molecule has 0 fully saturated rings. The third kappa shape index (κ3) is 9.43. The second-order valence-corrected chi connectivity index (χ2v) is 3.37. The van der Waals surface area contributed by atoms with E-state index in [0.717, 1.165) is 0 Å². The lowest BCUT2D eigenvalue weighted by Gasteiger charge is -2.19. The molecule has 0 rings (SSSR count). The monoisotopic (exact) mass is 161 g/mol. The Labute approximate surface area is 70.6 Å². The van der Waals surface area contributed by atoms with Crippen molar-refractivity contribution in [1.82, 2.24) is 5.32 Å². The second kappa shape index (κ2) is 4.34. The van der Waals surface area contributed by atoms with Crippen LogP contribution >= 0.6 is 0 Å². The molecule has 11 heavy (non-hydrogen) atoms. The van der Waals surface area contributed by atoms with Crippen LogP contribution in [0.4, 0.5) is 0 Å². The molecule has 0 aliphatic carbocycles. The van der Waals surface area contributed by atoms with Gasteiger partial charge in [0.2, 0.25) is 0 Å². The lowest BCUT2D eigenvalue weighted by molar-refractivity contribution is -0.137. The molecular weight excluding hydrogens is 142 g/mol. The number of carboxylic acids is 1. The van der Waals surface area contributed by atoms with E-state index in [1.54, 1.807) is 0 Å². The number of carbonyl (C=O) groups is 1. The molecule has 0 aliphatic heterocycles. The fourth-order valence-corrected chi connectivity index (χ4v) is 0.525. The van der Waals surface area contributed by atoms with Gasteiger partial charge in [-0.3, -0.25) is 4.79 Å². The van der Waals surface area contributed by atoms with E-state index in [2.05, 4.69) is 5.32 Å². The molecule has 0 aromatic rings. The molecule has 2 N–H and O–H groups in total. The molecule has 0 aromatic carbocycles. The predicted octanol–water partition coefficient (Wildman–Crippen LogP) is 1.24. The van der Waals surface area contributed by atoms with Crippen LogP contribution < -0.4 is 5.32 Å². The number of nitrogens with one attached hydrogen (secondary N) is 1. The summed E-state index contributed by atoms with van der Waals surface area (Å²) in [6.45, 7) is 6.02. The van der Waals surface area contributed by atoms with Crippen LogP contribution in [0.5, 0.6) is 0 Å². The third-order valence-corrected chi connectivity index (χ3v) is 1.01. The summed E-state index contributed by atoms with van der Waals surface area (Å²) in [5, 5.41) is 11.4. The van der Waals surface area contributed by atoms with Gasteiger partial charge >= 0.3 is 5.97 Å². The normalized spacial score (nSPS) is 19.9. The van der Waals surface area contributed by atoms with Crippen molar-refractivity contribution in [1.29, 1.82) is 0 Å². The van der Waals surface area contributed by atoms with Crippen molar-refractivity contribution in [3.63, 3.8) is 0 Å². The van der Waals surface area contributed by atoms with Gasteiger partial charge in [-0.15, -0.1) is 0 Å². The summed E-state index contributed by atoms with van der Waals surface area (Å²) in [7, 11) is 0. The van der Waals surface area contributed by atoms with Gasteiger partial charge in [0, 0.05) is 14.7 Å². The quantitative estimate of drug-likeness (QED) is 0.652. The molecule has 2 unspecified atom stereocenters. The maximum Gasteiger partial charge on any atom is 0.303 e. The summed E-state index contributed by atoms with van der Waals surface area (Å²) >= 11 is 0. The minimum atomic E-state index is -1.37. The van der Waals surface area contributed by atoms with Crippen molar-refractivity contribution >= 4 is 5.97 Å². The van der Waals surface area contributed by atoms with Gasteiger partial charge in [-0.2, -0.15) is 0 Å². The number of rotatable bonds is 4. The highest BCUT2D eigenvalue weighted by Crippen LogP contribution is 1.98. The highest BCUT2D eigenvalue weighted by molar-refractivity contribution is 5.66. The Morgan fingerprint density at radius 3 is 2.55 bits per heavy atom. The van der Waals surface area contributed by atoms with Crippen molar-refractivity contribution in [2.24, 2.45) is 0 Å². The Hall–Kier alpha value is -0.570. The molecule has 3 heteroatoms. The minimum absolute atomic E-state index is 0.141. The van der Waals surface area contributed by atoms with Crippen LogP contribution in [-0.2, 0) is 4.79 Å². The summed E-state index contributed by atoms with van der Waals surface area (Å²) < 4.78 is 14.5. The maximum absolute atomic E-state index is 10.3. The molecule has 0 bridgehead atoms. The SMILES string of the molecule is [2H]C(CNC(C)(C)C)C([2H])C(=O)O. The first kappa shape index (κ1) is 7.10. The van der Waals surface area contributed by atoms with Crippen LogP contribution in [0.25, 0.3) is 0 Å². The molecule has 0 heterocycles. The smallest absolute Gasteiger partial charge is 0.303 e. The van der Waals surface area contributed by atoms with Gasteiger partial charge in [-0.05, 0) is 33.7 Å². The fraction of sp³-hybridized carbons (Fsp3) is 0.875. The van der Waals surface area contributed by atoms with E-state index in [1.165, 1.54) is 0 Å². The van der Waals surface area contributed by atoms with E-state index in [0.29, 0.717) is 0 Å². The number of hydrogen-bond donors (Lipinski definition) is 2. The molecule has 0 saturated heterocycles. The lowest BCUT2D eigenvalue weighted by atomic mass is 10.1. The summed E-state index contributed by atoms with van der Waals surface area (Å²) in [6.07, 6.45) is -2.29. The van der Waals surface area contributed by atoms with Crippen LogP contribution in [0, 0.1) is 0 Å². The first-order valence-corrected chi connectivity index (χ1v) is 3.56. The lowest BCUT2D eigenvalue weighted by Crippen LogP contribution is -2.36. The van der Waals surface area contributed by atoms with Crippen molar-refractivity contribution < 1.29 is 12.6 Å². The largest absolute Gasteiger partial charge is 0.481 e. The zero-order valence-corrected chi connectivity index (χ0v) is 7.22. The number of hydrogen-bond acceptors (Lipinski definition) is 2. The van der Waals surface area contributed by atoms with Crippen molar-refractivity contribution in [2.45, 2.75) is 39.1 Å². The molecule has 0 aromatic heterocycles. The number of aliphatic carboxylic acids is 1. The molecule has 66 valence electrons. The highest BCUT2D eigenvalue weighted by Gasteiger charge is 2.07. The Kier molecular flexibility index (Phi) is 2.80. The Morgan fingerprint density at radius 2 is 2.18 bits per heavy atom. The minimum Gasteiger partial charge on any atom is -0.481 e. The van der Waals surface area contributed by atoms with E-state index in [4.69, 9.17) is 7.85 Å². The molecule has 0 radical (unpaired) electrons. The first-order chi connectivity index (χ1) is 5.74. The average molecular weight is 161 g/mol. The summed E-state index contributed by atoms with van der Waals surface area (Å²) in [5.74, 6) is -1.24. The van der Waals surface area contributed by atoms with Gasteiger partial charge < -0.3 is 10.4 Å². The van der Waals surface area contributed by atoms with Crippen LogP contribution in [-0.4, -0.2) is 23.2 Å². The molecule has 2 atom stereocenters. The summed E-state index contributed by atoms with van der Waals surface area (Å²) in [4.78, 5) is 10.3. The van der Waals surface area contributed by atoms with E-state index in [1.807, 2.05) is 20.8 Å². The predicted molar refractivity (Wildman–Crippen MR) is 44.6 cm³/mol. The van der Waals surface area contributed by atoms with E-state index in [9.17, 15) is 4.79 Å². The van der Waals surface area contributed by atoms with Crippen molar-refractivity contribution in [3.05, 3.63) is 0 Å². The highest BCUT2D eigenvalue weighted by atomic mass is 16.4. The van der Waals surface area contributed by atoms with E-state index < -0.39 is 18.8 Å². The molecule has 0 aliphatic rings. The molecule has 0 amide bonds. The topological polar surface area (TPSA) is 49.3 Å². The van der Waals surface area contributed by atoms with Gasteiger partial charge in [0.1, 0.15) is 0 Å². The third-order valence-electron chi connectivity index (χ3n) is 1.01. The maximum atomic E-state index is 10.3. The van der Waals surface area contributed by atoms with Crippen LogP contribution in [0.1, 0.15) is 36.3 Å². The van der Waals surface area contributed by atoms with Gasteiger partial charge in [-0.25, -0.2) is 0 Å². The summed E-state index contributed by atoms with van der Waals surface area (Å²) in [6, 6.07) is 0. The number of carboxylic acid groups (broad SMARTS) is 1. The van der Waals surface area contributed by atoms with E-state index >= 15 is 0 Å². The molecule has 0 spiro atoms. The van der Waals surface area contributed by atoms with Crippen LogP contribution in [0.15, 0.2) is 0 Å². The van der Waals surface area contributed by atoms with Gasteiger partial charge in [-0.1, -0.05) is 0 Å². The van der Waals surface area contributed by atoms with Crippen molar-refractivity contribution in [2.75, 3.05) is 6.54 Å². The zero-order valence-electron chi connectivity index (χ0n) is 9.22. The van der Waals surface area contributed by atoms with Gasteiger partial charge in [0.25, 0.3) is 0 Å². The standard InChI is InChI=1S/C8H17NO2/c1-8(2,3)9-6-4-5-7(10)11/h9H,4-6H2,1-3H3,(H,10,11)/i4D,5D. The van der Waals surface area contributed by atoms with Gasteiger partial charge in [0.05, 0.1) is 0 Å². The Balaban J connectivity index is 3.88. The molecule has 0 saturated carbocycles. The summed E-state index contributed by atoms with van der Waals surface area (Å²) in [5.41, 5.74) is -0.141. The fourth-order valence-electron chi connectivity index (χ4n) is 0.525. The average Bonchev–Trinajstić information content (AvgIpc) is 1.97. The van der Waals surface area contributed by atoms with E-state index in [-0.39, 0.29) is 12.1 Å².